The zero-order valence-electron chi connectivity index (χ0n) is 16.3. The molecule has 3 heterocycles. The lowest BCUT2D eigenvalue weighted by Gasteiger charge is -2.20. The lowest BCUT2D eigenvalue weighted by Crippen LogP contribution is -2.27. The van der Waals surface area contributed by atoms with Gasteiger partial charge in [-0.2, -0.15) is 0 Å². The fourth-order valence-corrected chi connectivity index (χ4v) is 4.01. The average Bonchev–Trinajstić information content (AvgIpc) is 3.09. The van der Waals surface area contributed by atoms with Crippen molar-refractivity contribution in [3.05, 3.63) is 47.3 Å². The summed E-state index contributed by atoms with van der Waals surface area (Å²) in [6.07, 6.45) is 1.91. The molecule has 0 bridgehead atoms. The van der Waals surface area contributed by atoms with Crippen molar-refractivity contribution >= 4 is 34.5 Å². The monoisotopic (exact) mass is 412 g/mol. The maximum Gasteiger partial charge on any atom is 0.154 e. The predicted octanol–water partition coefficient (Wildman–Crippen LogP) is 4.21. The van der Waals surface area contributed by atoms with E-state index in [4.69, 9.17) is 0 Å². The number of H-pyrrole nitrogens is 1. The van der Waals surface area contributed by atoms with Crippen molar-refractivity contribution in [3.63, 3.8) is 0 Å². The van der Waals surface area contributed by atoms with Gasteiger partial charge in [0.05, 0.1) is 11.0 Å². The molecule has 0 aliphatic carbocycles. The lowest BCUT2D eigenvalue weighted by molar-refractivity contribution is 0.442. The van der Waals surface area contributed by atoms with Crippen molar-refractivity contribution in [2.45, 2.75) is 32.6 Å². The molecular formula is C21H22ClFN6. The van der Waals surface area contributed by atoms with Gasteiger partial charge in [0.2, 0.25) is 0 Å². The molecule has 0 unspecified atom stereocenters. The molecule has 2 N–H and O–H groups in total. The van der Waals surface area contributed by atoms with Gasteiger partial charge in [0.1, 0.15) is 16.9 Å². The number of benzene rings is 2. The second-order valence-electron chi connectivity index (χ2n) is 7.53. The van der Waals surface area contributed by atoms with Crippen LogP contribution < -0.4 is 5.32 Å². The minimum atomic E-state index is -0.365. The second-order valence-corrected chi connectivity index (χ2v) is 7.53. The number of rotatable bonds is 2. The van der Waals surface area contributed by atoms with Gasteiger partial charge in [0.15, 0.2) is 11.6 Å². The van der Waals surface area contributed by atoms with E-state index in [-0.39, 0.29) is 24.1 Å². The van der Waals surface area contributed by atoms with Crippen LogP contribution in [0.4, 0.5) is 4.39 Å². The van der Waals surface area contributed by atoms with Crippen LogP contribution in [0.2, 0.25) is 0 Å². The van der Waals surface area contributed by atoms with E-state index < -0.39 is 0 Å². The summed E-state index contributed by atoms with van der Waals surface area (Å²) in [5.41, 5.74) is 5.37. The number of hydrogen-bond donors (Lipinski definition) is 2. The number of aromatic amines is 1. The van der Waals surface area contributed by atoms with Crippen LogP contribution >= 0.6 is 12.4 Å². The number of aryl methyl sites for hydroxylation is 2. The van der Waals surface area contributed by atoms with Gasteiger partial charge in [-0.15, -0.1) is 22.6 Å². The third kappa shape index (κ3) is 3.56. The van der Waals surface area contributed by atoms with Crippen molar-refractivity contribution in [3.8, 4) is 11.1 Å². The maximum absolute atomic E-state index is 14.9. The Hall–Kier alpha value is -2.64. The number of piperidine rings is 1. The molecule has 0 saturated carbocycles. The van der Waals surface area contributed by atoms with E-state index in [0.29, 0.717) is 16.9 Å². The molecule has 2 aromatic carbocycles. The van der Waals surface area contributed by atoms with Crippen LogP contribution in [-0.2, 0) is 0 Å². The molecule has 1 aliphatic heterocycles. The first-order valence-corrected chi connectivity index (χ1v) is 9.60. The number of fused-ring (bicyclic) bond motifs is 2. The Labute approximate surface area is 173 Å². The van der Waals surface area contributed by atoms with Gasteiger partial charge in [0, 0.05) is 5.92 Å². The van der Waals surface area contributed by atoms with Crippen LogP contribution in [0.3, 0.4) is 0 Å². The van der Waals surface area contributed by atoms with Crippen molar-refractivity contribution in [1.29, 1.82) is 0 Å². The van der Waals surface area contributed by atoms with Crippen molar-refractivity contribution in [2.24, 2.45) is 0 Å². The average molecular weight is 413 g/mol. The van der Waals surface area contributed by atoms with Gasteiger partial charge in [-0.3, -0.25) is 0 Å². The fraction of sp³-hybridized carbons (Fsp3) is 0.333. The number of aromatic nitrogens is 5. The van der Waals surface area contributed by atoms with E-state index in [9.17, 15) is 4.39 Å². The highest BCUT2D eigenvalue weighted by Crippen LogP contribution is 2.30. The SMILES string of the molecule is Cc1nc2c(C)cc(-c3cc(F)c4nc(C5CCNCC5)nnc4c3)cc2[nH]1.Cl. The highest BCUT2D eigenvalue weighted by molar-refractivity contribution is 5.88. The molecule has 4 aromatic rings. The molecule has 8 heteroatoms. The van der Waals surface area contributed by atoms with Crippen LogP contribution in [-0.4, -0.2) is 38.2 Å². The third-order valence-electron chi connectivity index (χ3n) is 5.46. The van der Waals surface area contributed by atoms with Crippen LogP contribution in [0, 0.1) is 19.7 Å². The number of nitrogens with zero attached hydrogens (tertiary/aromatic N) is 4. The third-order valence-corrected chi connectivity index (χ3v) is 5.46. The molecule has 29 heavy (non-hydrogen) atoms. The Balaban J connectivity index is 0.00000205. The Kier molecular flexibility index (Phi) is 5.19. The molecule has 1 saturated heterocycles. The molecule has 2 aromatic heterocycles. The van der Waals surface area contributed by atoms with Gasteiger partial charge < -0.3 is 10.3 Å². The zero-order chi connectivity index (χ0) is 19.3. The minimum absolute atomic E-state index is 0. The lowest BCUT2D eigenvalue weighted by atomic mass is 9.97. The summed E-state index contributed by atoms with van der Waals surface area (Å²) >= 11 is 0. The van der Waals surface area contributed by atoms with Crippen LogP contribution in [0.25, 0.3) is 33.2 Å². The first kappa shape index (κ1) is 19.7. The van der Waals surface area contributed by atoms with Gasteiger partial charge in [-0.25, -0.2) is 14.4 Å². The van der Waals surface area contributed by atoms with Crippen molar-refractivity contribution < 1.29 is 4.39 Å². The Morgan fingerprint density at radius 1 is 0.931 bits per heavy atom. The Morgan fingerprint density at radius 3 is 2.48 bits per heavy atom. The van der Waals surface area contributed by atoms with E-state index in [1.165, 1.54) is 6.07 Å². The number of nitrogens with one attached hydrogen (secondary N) is 2. The van der Waals surface area contributed by atoms with Crippen LogP contribution in [0.5, 0.6) is 0 Å². The second kappa shape index (κ2) is 7.65. The topological polar surface area (TPSA) is 79.4 Å². The molecule has 6 nitrogen and oxygen atoms in total. The summed E-state index contributed by atoms with van der Waals surface area (Å²) in [7, 11) is 0. The fourth-order valence-electron chi connectivity index (χ4n) is 4.01. The normalized spacial score (nSPS) is 15.0. The molecule has 5 rings (SSSR count). The van der Waals surface area contributed by atoms with Gasteiger partial charge in [-0.05, 0) is 80.7 Å². The smallest absolute Gasteiger partial charge is 0.154 e. The largest absolute Gasteiger partial charge is 0.342 e. The van der Waals surface area contributed by atoms with E-state index in [1.54, 1.807) is 0 Å². The number of imidazole rings is 1. The van der Waals surface area contributed by atoms with E-state index >= 15 is 0 Å². The summed E-state index contributed by atoms with van der Waals surface area (Å²) in [6, 6.07) is 7.40. The molecule has 0 atom stereocenters. The molecule has 0 radical (unpaired) electrons. The quantitative estimate of drug-likeness (QED) is 0.515. The summed E-state index contributed by atoms with van der Waals surface area (Å²) in [6.45, 7) is 5.80. The molecular weight excluding hydrogens is 391 g/mol. The Morgan fingerprint density at radius 2 is 1.69 bits per heavy atom. The van der Waals surface area contributed by atoms with Crippen molar-refractivity contribution in [2.75, 3.05) is 13.1 Å². The summed E-state index contributed by atoms with van der Waals surface area (Å²) in [5, 5.41) is 11.9. The Bertz CT molecular complexity index is 1200. The number of hydrogen-bond acceptors (Lipinski definition) is 5. The van der Waals surface area contributed by atoms with Crippen LogP contribution in [0.15, 0.2) is 24.3 Å². The van der Waals surface area contributed by atoms with E-state index in [0.717, 1.165) is 59.5 Å². The van der Waals surface area contributed by atoms with Crippen LogP contribution in [0.1, 0.15) is 36.0 Å². The standard InChI is InChI=1S/C21H21FN6.ClH/c1-11-7-14(9-17-19(11)25-12(2)24-17)15-8-16(22)20-18(10-15)27-28-21(26-20)13-3-5-23-6-4-13;/h7-10,13,23H,3-6H2,1-2H3,(H,24,25);1H. The minimum Gasteiger partial charge on any atom is -0.342 e. The van der Waals surface area contributed by atoms with E-state index in [1.807, 2.05) is 32.0 Å². The van der Waals surface area contributed by atoms with Gasteiger partial charge >= 0.3 is 0 Å². The first-order chi connectivity index (χ1) is 13.6. The molecule has 150 valence electrons. The summed E-state index contributed by atoms with van der Waals surface area (Å²) < 4.78 is 14.9. The maximum atomic E-state index is 14.9. The van der Waals surface area contributed by atoms with Gasteiger partial charge in [-0.1, -0.05) is 0 Å². The molecule has 1 aliphatic rings. The summed E-state index contributed by atoms with van der Waals surface area (Å²) in [5.74, 6) is 1.38. The zero-order valence-corrected chi connectivity index (χ0v) is 17.1. The highest BCUT2D eigenvalue weighted by atomic mass is 35.5. The molecule has 0 spiro atoms. The molecule has 1 fully saturated rings. The first-order valence-electron chi connectivity index (χ1n) is 9.60. The van der Waals surface area contributed by atoms with E-state index in [2.05, 4.69) is 30.5 Å². The molecule has 0 amide bonds. The van der Waals surface area contributed by atoms with Gasteiger partial charge in [0.25, 0.3) is 0 Å². The van der Waals surface area contributed by atoms with Crippen molar-refractivity contribution in [1.82, 2.24) is 30.5 Å². The highest BCUT2D eigenvalue weighted by Gasteiger charge is 2.20. The summed E-state index contributed by atoms with van der Waals surface area (Å²) in [4.78, 5) is 12.3. The number of halogens is 2. The predicted molar refractivity (Wildman–Crippen MR) is 114 cm³/mol.